The van der Waals surface area contributed by atoms with Crippen LogP contribution in [0.4, 0.5) is 0 Å². The van der Waals surface area contributed by atoms with Crippen LogP contribution in [0.1, 0.15) is 40.2 Å². The summed E-state index contributed by atoms with van der Waals surface area (Å²) in [5.41, 5.74) is 7.67. The molecule has 1 aliphatic carbocycles. The first kappa shape index (κ1) is 17.6. The first-order valence-electron chi connectivity index (χ1n) is 9.25. The number of aromatic nitrogens is 1. The van der Waals surface area contributed by atoms with Crippen molar-refractivity contribution in [3.8, 4) is 0 Å². The van der Waals surface area contributed by atoms with Gasteiger partial charge in [-0.05, 0) is 62.5 Å². The second kappa shape index (κ2) is 7.10. The highest BCUT2D eigenvalue weighted by Gasteiger charge is 2.56. The number of hydrogen-bond donors (Lipinski definition) is 1. The van der Waals surface area contributed by atoms with Crippen LogP contribution in [0.2, 0.25) is 0 Å². The van der Waals surface area contributed by atoms with Gasteiger partial charge in [0.2, 0.25) is 5.91 Å². The van der Waals surface area contributed by atoms with Gasteiger partial charge < -0.3 is 5.73 Å². The number of rotatable bonds is 6. The van der Waals surface area contributed by atoms with Gasteiger partial charge in [-0.25, -0.2) is 4.98 Å². The molecule has 138 valence electrons. The summed E-state index contributed by atoms with van der Waals surface area (Å²) >= 11 is 1.74. The standard InChI is InChI=1S/C20H26N4OS/c1-23(14-18-22-7-10-26-18)17-12-20(17)5-8-24(9-6-20)13-15-3-2-4-16(11-15)19(21)25/h2-4,7,10-11,17H,5-6,8-9,12-14H2,1H3,(H2,21,25). The quantitative estimate of drug-likeness (QED) is 0.849. The molecular weight excluding hydrogens is 344 g/mol. The van der Waals surface area contributed by atoms with Gasteiger partial charge in [0.25, 0.3) is 0 Å². The molecule has 0 bridgehead atoms. The number of benzene rings is 1. The molecule has 1 saturated carbocycles. The van der Waals surface area contributed by atoms with E-state index in [-0.39, 0.29) is 5.91 Å². The van der Waals surface area contributed by atoms with Gasteiger partial charge in [-0.2, -0.15) is 0 Å². The minimum Gasteiger partial charge on any atom is -0.366 e. The van der Waals surface area contributed by atoms with Gasteiger partial charge in [0.1, 0.15) is 5.01 Å². The summed E-state index contributed by atoms with van der Waals surface area (Å²) < 4.78 is 0. The van der Waals surface area contributed by atoms with Crippen molar-refractivity contribution in [1.82, 2.24) is 14.8 Å². The predicted molar refractivity (Wildman–Crippen MR) is 104 cm³/mol. The molecule has 1 spiro atoms. The van der Waals surface area contributed by atoms with E-state index in [1.807, 2.05) is 18.3 Å². The first-order chi connectivity index (χ1) is 12.6. The van der Waals surface area contributed by atoms with Crippen LogP contribution in [0, 0.1) is 5.41 Å². The van der Waals surface area contributed by atoms with Gasteiger partial charge in [-0.1, -0.05) is 12.1 Å². The third-order valence-electron chi connectivity index (χ3n) is 6.02. The zero-order valence-corrected chi connectivity index (χ0v) is 16.0. The summed E-state index contributed by atoms with van der Waals surface area (Å²) in [5, 5.41) is 3.26. The molecule has 2 N–H and O–H groups in total. The van der Waals surface area contributed by atoms with Crippen LogP contribution in [-0.2, 0) is 13.1 Å². The molecule has 1 saturated heterocycles. The Labute approximate surface area is 158 Å². The van der Waals surface area contributed by atoms with E-state index in [9.17, 15) is 4.79 Å². The van der Waals surface area contributed by atoms with E-state index in [0.29, 0.717) is 17.0 Å². The van der Waals surface area contributed by atoms with Gasteiger partial charge in [0.15, 0.2) is 0 Å². The molecule has 6 heteroatoms. The number of piperidine rings is 1. The first-order valence-corrected chi connectivity index (χ1v) is 10.1. The highest BCUT2D eigenvalue weighted by Crippen LogP contribution is 2.56. The van der Waals surface area contributed by atoms with Crippen molar-refractivity contribution in [3.05, 3.63) is 52.0 Å². The Morgan fingerprint density at radius 3 is 2.92 bits per heavy atom. The Hall–Kier alpha value is -1.76. The highest BCUT2D eigenvalue weighted by molar-refractivity contribution is 7.09. The maximum Gasteiger partial charge on any atom is 0.248 e. The Kier molecular flexibility index (Phi) is 4.82. The van der Waals surface area contributed by atoms with Crippen molar-refractivity contribution >= 4 is 17.2 Å². The van der Waals surface area contributed by atoms with Gasteiger partial charge in [-0.3, -0.25) is 14.6 Å². The van der Waals surface area contributed by atoms with E-state index < -0.39 is 0 Å². The monoisotopic (exact) mass is 370 g/mol. The molecule has 2 fully saturated rings. The lowest BCUT2D eigenvalue weighted by Gasteiger charge is -2.34. The number of carbonyl (C=O) groups excluding carboxylic acids is 1. The molecule has 1 amide bonds. The summed E-state index contributed by atoms with van der Waals surface area (Å²) in [6.45, 7) is 4.12. The Balaban J connectivity index is 1.29. The van der Waals surface area contributed by atoms with Crippen LogP contribution >= 0.6 is 11.3 Å². The van der Waals surface area contributed by atoms with Crippen LogP contribution in [0.15, 0.2) is 35.8 Å². The normalized spacial score (nSPS) is 22.0. The number of nitrogens with two attached hydrogens (primary N) is 1. The van der Waals surface area contributed by atoms with Gasteiger partial charge >= 0.3 is 0 Å². The number of amides is 1. The van der Waals surface area contributed by atoms with E-state index in [1.54, 1.807) is 17.4 Å². The predicted octanol–water partition coefficient (Wildman–Crippen LogP) is 2.73. The average molecular weight is 371 g/mol. The van der Waals surface area contributed by atoms with Crippen molar-refractivity contribution in [2.45, 2.75) is 38.4 Å². The number of carbonyl (C=O) groups is 1. The van der Waals surface area contributed by atoms with Crippen LogP contribution in [-0.4, -0.2) is 46.9 Å². The molecule has 1 aromatic carbocycles. The number of nitrogens with zero attached hydrogens (tertiary/aromatic N) is 3. The van der Waals surface area contributed by atoms with E-state index in [4.69, 9.17) is 5.73 Å². The Bertz CT molecular complexity index is 768. The third kappa shape index (κ3) is 3.68. The number of thiazole rings is 1. The van der Waals surface area contributed by atoms with Crippen molar-refractivity contribution in [3.63, 3.8) is 0 Å². The minimum absolute atomic E-state index is 0.353. The molecule has 26 heavy (non-hydrogen) atoms. The molecule has 2 heterocycles. The Morgan fingerprint density at radius 1 is 1.42 bits per heavy atom. The van der Waals surface area contributed by atoms with Crippen LogP contribution in [0.25, 0.3) is 0 Å². The molecule has 1 aliphatic heterocycles. The molecular formula is C20H26N4OS. The molecule has 1 unspecified atom stereocenters. The van der Waals surface area contributed by atoms with Crippen LogP contribution in [0.5, 0.6) is 0 Å². The lowest BCUT2D eigenvalue weighted by molar-refractivity contribution is 0.1000. The van der Waals surface area contributed by atoms with E-state index in [1.165, 1.54) is 29.8 Å². The van der Waals surface area contributed by atoms with Gasteiger partial charge in [-0.15, -0.1) is 11.3 Å². The largest absolute Gasteiger partial charge is 0.366 e. The lowest BCUT2D eigenvalue weighted by Crippen LogP contribution is -2.37. The fourth-order valence-corrected chi connectivity index (χ4v) is 5.06. The summed E-state index contributed by atoms with van der Waals surface area (Å²) in [4.78, 5) is 20.8. The highest BCUT2D eigenvalue weighted by atomic mass is 32.1. The van der Waals surface area contributed by atoms with Crippen molar-refractivity contribution < 1.29 is 4.79 Å². The van der Waals surface area contributed by atoms with E-state index in [2.05, 4.69) is 33.3 Å². The lowest BCUT2D eigenvalue weighted by atomic mass is 9.92. The summed E-state index contributed by atoms with van der Waals surface area (Å²) in [5.74, 6) is -0.353. The van der Waals surface area contributed by atoms with Crippen molar-refractivity contribution in [2.75, 3.05) is 20.1 Å². The zero-order chi connectivity index (χ0) is 18.1. The second-order valence-electron chi connectivity index (χ2n) is 7.76. The van der Waals surface area contributed by atoms with Gasteiger partial charge in [0.05, 0.1) is 6.54 Å². The topological polar surface area (TPSA) is 62.5 Å². The fourth-order valence-electron chi connectivity index (χ4n) is 4.38. The molecule has 2 aromatic rings. The van der Waals surface area contributed by atoms with Crippen LogP contribution in [0.3, 0.4) is 0 Å². The SMILES string of the molecule is CN(Cc1nccs1)C1CC12CCN(Cc1cccc(C(N)=O)c1)CC2. The van der Waals surface area contributed by atoms with E-state index in [0.717, 1.165) is 26.2 Å². The molecule has 2 aliphatic rings. The molecule has 1 aromatic heterocycles. The molecule has 0 radical (unpaired) electrons. The summed E-state index contributed by atoms with van der Waals surface area (Å²) in [6.07, 6.45) is 5.73. The number of likely N-dealkylation sites (tertiary alicyclic amines) is 1. The second-order valence-corrected chi connectivity index (χ2v) is 8.74. The maximum atomic E-state index is 11.4. The fraction of sp³-hybridized carbons (Fsp3) is 0.500. The van der Waals surface area contributed by atoms with Crippen molar-refractivity contribution in [1.29, 1.82) is 0 Å². The van der Waals surface area contributed by atoms with Crippen molar-refractivity contribution in [2.24, 2.45) is 11.1 Å². The number of hydrogen-bond acceptors (Lipinski definition) is 5. The van der Waals surface area contributed by atoms with Gasteiger partial charge in [0, 0.05) is 29.7 Å². The molecule has 5 nitrogen and oxygen atoms in total. The Morgan fingerprint density at radius 2 is 2.23 bits per heavy atom. The average Bonchev–Trinajstić information content (AvgIpc) is 3.08. The maximum absolute atomic E-state index is 11.4. The molecule has 1 atom stereocenters. The third-order valence-corrected chi connectivity index (χ3v) is 6.78. The zero-order valence-electron chi connectivity index (χ0n) is 15.2. The number of primary amides is 1. The smallest absolute Gasteiger partial charge is 0.248 e. The molecule has 4 rings (SSSR count). The summed E-state index contributed by atoms with van der Waals surface area (Å²) in [6, 6.07) is 8.41. The summed E-state index contributed by atoms with van der Waals surface area (Å²) in [7, 11) is 2.24. The van der Waals surface area contributed by atoms with E-state index >= 15 is 0 Å². The minimum atomic E-state index is -0.353. The van der Waals surface area contributed by atoms with Crippen LogP contribution < -0.4 is 5.73 Å².